The summed E-state index contributed by atoms with van der Waals surface area (Å²) in [6, 6.07) is 5.47. The number of benzene rings is 1. The third-order valence-electron chi connectivity index (χ3n) is 2.23. The number of fused-ring (bicyclic) bond motifs is 1. The molecule has 0 spiro atoms. The highest BCUT2D eigenvalue weighted by Crippen LogP contribution is 2.34. The molecule has 2 rings (SSSR count). The highest BCUT2D eigenvalue weighted by molar-refractivity contribution is 6.06. The van der Waals surface area contributed by atoms with Crippen LogP contribution < -0.4 is 9.47 Å². The van der Waals surface area contributed by atoms with E-state index in [-0.39, 0.29) is 6.79 Å². The van der Waals surface area contributed by atoms with Gasteiger partial charge in [0, 0.05) is 25.9 Å². The minimum absolute atomic E-state index is 0.243. The monoisotopic (exact) mass is 219 g/mol. The Morgan fingerprint density at radius 1 is 1.31 bits per heavy atom. The molecule has 0 fully saturated rings. The van der Waals surface area contributed by atoms with Crippen LogP contribution in [0.3, 0.4) is 0 Å². The van der Waals surface area contributed by atoms with Crippen LogP contribution in [-0.2, 0) is 4.79 Å². The second kappa shape index (κ2) is 4.26. The van der Waals surface area contributed by atoms with E-state index in [4.69, 9.17) is 9.47 Å². The maximum absolute atomic E-state index is 11.0. The molecule has 16 heavy (non-hydrogen) atoms. The normalized spacial score (nSPS) is 13.8. The van der Waals surface area contributed by atoms with Crippen LogP contribution in [-0.4, -0.2) is 32.1 Å². The van der Waals surface area contributed by atoms with Crippen molar-refractivity contribution in [2.75, 3.05) is 20.9 Å². The number of hydrogen-bond donors (Lipinski definition) is 0. The van der Waals surface area contributed by atoms with Gasteiger partial charge in [-0.2, -0.15) is 0 Å². The fourth-order valence-corrected chi connectivity index (χ4v) is 1.53. The van der Waals surface area contributed by atoms with Crippen LogP contribution in [0.15, 0.2) is 24.4 Å². The maximum Gasteiger partial charge on any atom is 0.231 e. The molecule has 0 aromatic heterocycles. The Morgan fingerprint density at radius 3 is 2.75 bits per heavy atom. The molecule has 0 bridgehead atoms. The molecule has 0 radical (unpaired) electrons. The molecule has 4 nitrogen and oxygen atoms in total. The summed E-state index contributed by atoms with van der Waals surface area (Å²) in [5.41, 5.74) is 1.44. The van der Waals surface area contributed by atoms with Crippen LogP contribution in [0.4, 0.5) is 0 Å². The lowest BCUT2D eigenvalue weighted by Gasteiger charge is -2.08. The third-order valence-corrected chi connectivity index (χ3v) is 2.23. The van der Waals surface area contributed by atoms with Gasteiger partial charge in [0.1, 0.15) is 0 Å². The second-order valence-electron chi connectivity index (χ2n) is 3.73. The van der Waals surface area contributed by atoms with Crippen LogP contribution in [0.2, 0.25) is 0 Å². The molecular formula is C12H13NO3. The van der Waals surface area contributed by atoms with Gasteiger partial charge in [0.05, 0.1) is 0 Å². The molecule has 1 aromatic rings. The lowest BCUT2D eigenvalue weighted by atomic mass is 10.1. The first-order valence-corrected chi connectivity index (χ1v) is 4.94. The van der Waals surface area contributed by atoms with Crippen molar-refractivity contribution < 1.29 is 14.3 Å². The minimum Gasteiger partial charge on any atom is -0.454 e. The van der Waals surface area contributed by atoms with Gasteiger partial charge in [-0.1, -0.05) is 6.07 Å². The van der Waals surface area contributed by atoms with Crippen molar-refractivity contribution in [3.05, 3.63) is 30.0 Å². The van der Waals surface area contributed by atoms with E-state index in [0.29, 0.717) is 11.3 Å². The molecule has 0 saturated heterocycles. The molecule has 84 valence electrons. The van der Waals surface area contributed by atoms with E-state index in [1.807, 2.05) is 37.2 Å². The summed E-state index contributed by atoms with van der Waals surface area (Å²) < 4.78 is 10.5. The summed E-state index contributed by atoms with van der Waals surface area (Å²) in [5, 5.41) is 0. The molecule has 0 saturated carbocycles. The molecule has 1 heterocycles. The molecule has 4 heteroatoms. The molecule has 0 N–H and O–H groups in total. The minimum atomic E-state index is 0.243. The number of nitrogens with zero attached hydrogens (tertiary/aromatic N) is 1. The van der Waals surface area contributed by atoms with E-state index < -0.39 is 0 Å². The molecular weight excluding hydrogens is 206 g/mol. The summed E-state index contributed by atoms with van der Waals surface area (Å²) in [5.74, 6) is 1.41. The summed E-state index contributed by atoms with van der Waals surface area (Å²) in [6.45, 7) is 0.243. The van der Waals surface area contributed by atoms with Gasteiger partial charge >= 0.3 is 0 Å². The summed E-state index contributed by atoms with van der Waals surface area (Å²) >= 11 is 0. The Kier molecular flexibility index (Phi) is 2.81. The van der Waals surface area contributed by atoms with Crippen LogP contribution in [0, 0.1) is 0 Å². The molecule has 1 aromatic carbocycles. The van der Waals surface area contributed by atoms with Crippen molar-refractivity contribution in [3.63, 3.8) is 0 Å². The molecule has 1 aliphatic rings. The van der Waals surface area contributed by atoms with Gasteiger partial charge in [-0.15, -0.1) is 0 Å². The van der Waals surface area contributed by atoms with Gasteiger partial charge in [0.2, 0.25) is 6.79 Å². The topological polar surface area (TPSA) is 38.8 Å². The van der Waals surface area contributed by atoms with Crippen molar-refractivity contribution in [1.29, 1.82) is 0 Å². The third kappa shape index (κ3) is 2.00. The summed E-state index contributed by atoms with van der Waals surface area (Å²) in [4.78, 5) is 12.8. The maximum atomic E-state index is 11.0. The standard InChI is InChI=1S/C12H13NO3/c1-13(2)6-10(7-14)9-3-4-11-12(5-9)16-8-15-11/h3-7H,8H2,1-2H3/b10-6+. The van der Waals surface area contributed by atoms with Gasteiger partial charge in [-0.25, -0.2) is 0 Å². The predicted octanol–water partition coefficient (Wildman–Crippen LogP) is 1.52. The highest BCUT2D eigenvalue weighted by atomic mass is 16.7. The Labute approximate surface area is 94.1 Å². The first kappa shape index (κ1) is 10.5. The largest absolute Gasteiger partial charge is 0.454 e. The second-order valence-corrected chi connectivity index (χ2v) is 3.73. The number of rotatable bonds is 3. The van der Waals surface area contributed by atoms with Crippen molar-refractivity contribution in [2.24, 2.45) is 0 Å². The van der Waals surface area contributed by atoms with Crippen LogP contribution in [0.1, 0.15) is 5.56 Å². The zero-order valence-electron chi connectivity index (χ0n) is 9.27. The SMILES string of the molecule is CN(C)/C=C(\C=O)c1ccc2c(c1)OCO2. The summed E-state index contributed by atoms with van der Waals surface area (Å²) in [7, 11) is 3.74. The zero-order chi connectivity index (χ0) is 11.5. The number of carbonyl (C=O) groups excluding carboxylic acids is 1. The van der Waals surface area contributed by atoms with E-state index in [1.54, 1.807) is 6.20 Å². The van der Waals surface area contributed by atoms with Gasteiger partial charge in [-0.3, -0.25) is 4.79 Å². The predicted molar refractivity (Wildman–Crippen MR) is 60.3 cm³/mol. The van der Waals surface area contributed by atoms with Gasteiger partial charge in [0.15, 0.2) is 17.8 Å². The number of ether oxygens (including phenoxy) is 2. The molecule has 0 unspecified atom stereocenters. The average Bonchev–Trinajstić information content (AvgIpc) is 2.72. The molecule has 1 aliphatic heterocycles. The Hall–Kier alpha value is -1.97. The number of allylic oxidation sites excluding steroid dienone is 1. The van der Waals surface area contributed by atoms with Crippen molar-refractivity contribution in [1.82, 2.24) is 4.90 Å². The van der Waals surface area contributed by atoms with Crippen LogP contribution in [0.25, 0.3) is 5.57 Å². The summed E-state index contributed by atoms with van der Waals surface area (Å²) in [6.07, 6.45) is 2.60. The quantitative estimate of drug-likeness (QED) is 0.570. The van der Waals surface area contributed by atoms with Crippen molar-refractivity contribution in [3.8, 4) is 11.5 Å². The smallest absolute Gasteiger partial charge is 0.231 e. The van der Waals surface area contributed by atoms with Gasteiger partial charge in [-0.05, 0) is 17.7 Å². The molecule has 0 atom stereocenters. The van der Waals surface area contributed by atoms with Crippen LogP contribution >= 0.6 is 0 Å². The first-order chi connectivity index (χ1) is 7.70. The Bertz CT molecular complexity index is 438. The van der Waals surface area contributed by atoms with Gasteiger partial charge in [0.25, 0.3) is 0 Å². The molecule has 0 amide bonds. The highest BCUT2D eigenvalue weighted by Gasteiger charge is 2.14. The van der Waals surface area contributed by atoms with Crippen molar-refractivity contribution in [2.45, 2.75) is 0 Å². The number of hydrogen-bond acceptors (Lipinski definition) is 4. The number of aldehydes is 1. The Balaban J connectivity index is 2.36. The van der Waals surface area contributed by atoms with E-state index in [1.165, 1.54) is 0 Å². The fraction of sp³-hybridized carbons (Fsp3) is 0.250. The lowest BCUT2D eigenvalue weighted by Crippen LogP contribution is -2.03. The fourth-order valence-electron chi connectivity index (χ4n) is 1.53. The van der Waals surface area contributed by atoms with Gasteiger partial charge < -0.3 is 14.4 Å². The lowest BCUT2D eigenvalue weighted by molar-refractivity contribution is -0.103. The molecule has 0 aliphatic carbocycles. The number of carbonyl (C=O) groups is 1. The average molecular weight is 219 g/mol. The van der Waals surface area contributed by atoms with E-state index >= 15 is 0 Å². The van der Waals surface area contributed by atoms with Crippen LogP contribution in [0.5, 0.6) is 11.5 Å². The van der Waals surface area contributed by atoms with E-state index in [9.17, 15) is 4.79 Å². The van der Waals surface area contributed by atoms with E-state index in [0.717, 1.165) is 17.6 Å². The zero-order valence-corrected chi connectivity index (χ0v) is 9.27. The first-order valence-electron chi connectivity index (χ1n) is 4.94. The van der Waals surface area contributed by atoms with E-state index in [2.05, 4.69) is 0 Å². The van der Waals surface area contributed by atoms with Crippen molar-refractivity contribution >= 4 is 11.9 Å². The Morgan fingerprint density at radius 2 is 2.06 bits per heavy atom.